The summed E-state index contributed by atoms with van der Waals surface area (Å²) in [5.74, 6) is 0. The lowest BCUT2D eigenvalue weighted by Crippen LogP contribution is -2.40. The van der Waals surface area contributed by atoms with E-state index in [1.807, 2.05) is 0 Å². The van der Waals surface area contributed by atoms with Gasteiger partial charge in [-0.1, -0.05) is 5.16 Å². The van der Waals surface area contributed by atoms with Crippen molar-refractivity contribution in [3.05, 3.63) is 0 Å². The van der Waals surface area contributed by atoms with E-state index in [4.69, 9.17) is 25.6 Å². The highest BCUT2D eigenvalue weighted by atomic mass is 16.4. The van der Waals surface area contributed by atoms with Gasteiger partial charge in [0.2, 0.25) is 0 Å². The van der Waals surface area contributed by atoms with E-state index in [2.05, 4.69) is 5.16 Å². The van der Waals surface area contributed by atoms with Crippen LogP contribution >= 0.6 is 0 Å². The highest BCUT2D eigenvalue weighted by Gasteiger charge is 2.22. The first-order valence-electron chi connectivity index (χ1n) is 2.96. The van der Waals surface area contributed by atoms with Crippen LogP contribution < -0.4 is 0 Å². The van der Waals surface area contributed by atoms with Crippen molar-refractivity contribution in [2.45, 2.75) is 18.3 Å². The predicted octanol–water partition coefficient (Wildman–Crippen LogP) is -2.48. The van der Waals surface area contributed by atoms with Gasteiger partial charge in [-0.05, 0) is 0 Å². The molecule has 0 fully saturated rings. The van der Waals surface area contributed by atoms with Crippen molar-refractivity contribution in [1.82, 2.24) is 0 Å². The molecule has 0 aromatic heterocycles. The number of rotatable bonds is 4. The molecule has 6 heteroatoms. The summed E-state index contributed by atoms with van der Waals surface area (Å²) in [4.78, 5) is 0. The van der Waals surface area contributed by atoms with E-state index in [1.54, 1.807) is 0 Å². The molecular weight excluding hydrogens is 154 g/mol. The van der Waals surface area contributed by atoms with Crippen LogP contribution in [-0.4, -0.2) is 56.8 Å². The minimum atomic E-state index is -1.55. The highest BCUT2D eigenvalue weighted by molar-refractivity contribution is 5.62. The summed E-state index contributed by atoms with van der Waals surface area (Å²) in [6.45, 7) is -0.669. The fourth-order valence-corrected chi connectivity index (χ4v) is 0.492. The quantitative estimate of drug-likeness (QED) is 0.180. The van der Waals surface area contributed by atoms with Crippen molar-refractivity contribution in [2.75, 3.05) is 6.61 Å². The summed E-state index contributed by atoms with van der Waals surface area (Å²) in [5.41, 5.74) is 0. The molecule has 0 aliphatic rings. The Bertz CT molecular complexity index is 128. The minimum absolute atomic E-state index is 0.642. The van der Waals surface area contributed by atoms with Gasteiger partial charge in [0.1, 0.15) is 18.3 Å². The number of hydrogen-bond donors (Lipinski definition) is 5. The van der Waals surface area contributed by atoms with Crippen molar-refractivity contribution in [2.24, 2.45) is 5.16 Å². The van der Waals surface area contributed by atoms with Crippen molar-refractivity contribution >= 4 is 6.21 Å². The third-order valence-electron chi connectivity index (χ3n) is 1.15. The zero-order valence-corrected chi connectivity index (χ0v) is 5.70. The van der Waals surface area contributed by atoms with Crippen molar-refractivity contribution < 1.29 is 25.6 Å². The normalized spacial score (nSPS) is 20.0. The minimum Gasteiger partial charge on any atom is -0.411 e. The van der Waals surface area contributed by atoms with Crippen LogP contribution in [0.1, 0.15) is 0 Å². The Kier molecular flexibility index (Phi) is 4.71. The van der Waals surface area contributed by atoms with Crippen LogP contribution in [-0.2, 0) is 0 Å². The highest BCUT2D eigenvalue weighted by Crippen LogP contribution is 1.97. The van der Waals surface area contributed by atoms with Gasteiger partial charge < -0.3 is 25.6 Å². The molecule has 0 saturated carbocycles. The van der Waals surface area contributed by atoms with E-state index in [0.29, 0.717) is 6.21 Å². The van der Waals surface area contributed by atoms with Crippen LogP contribution in [0.3, 0.4) is 0 Å². The third kappa shape index (κ3) is 3.28. The molecule has 0 unspecified atom stereocenters. The first kappa shape index (κ1) is 10.3. The fourth-order valence-electron chi connectivity index (χ4n) is 0.492. The largest absolute Gasteiger partial charge is 0.411 e. The lowest BCUT2D eigenvalue weighted by atomic mass is 10.1. The molecule has 0 bridgehead atoms. The van der Waals surface area contributed by atoms with Crippen molar-refractivity contribution in [3.63, 3.8) is 0 Å². The topological polar surface area (TPSA) is 114 Å². The Morgan fingerprint density at radius 1 is 1.27 bits per heavy atom. The van der Waals surface area contributed by atoms with E-state index in [1.165, 1.54) is 0 Å². The number of nitrogens with zero attached hydrogens (tertiary/aromatic N) is 1. The van der Waals surface area contributed by atoms with Gasteiger partial charge >= 0.3 is 0 Å². The molecule has 6 nitrogen and oxygen atoms in total. The molecule has 66 valence electrons. The van der Waals surface area contributed by atoms with E-state index in [0.717, 1.165) is 0 Å². The summed E-state index contributed by atoms with van der Waals surface area (Å²) < 4.78 is 0. The summed E-state index contributed by atoms with van der Waals surface area (Å²) in [6.07, 6.45) is -3.83. The first-order chi connectivity index (χ1) is 5.13. The SMILES string of the molecule is OC[C@H](O)[C@H](O)[C@@H](O)C=NO. The van der Waals surface area contributed by atoms with Gasteiger partial charge in [-0.15, -0.1) is 0 Å². The van der Waals surface area contributed by atoms with Crippen LogP contribution in [0.15, 0.2) is 5.16 Å². The first-order valence-corrected chi connectivity index (χ1v) is 2.96. The van der Waals surface area contributed by atoms with Gasteiger partial charge in [0.15, 0.2) is 0 Å². The average Bonchev–Trinajstić information content (AvgIpc) is 2.02. The molecule has 0 aromatic carbocycles. The van der Waals surface area contributed by atoms with Gasteiger partial charge in [0.05, 0.1) is 12.8 Å². The van der Waals surface area contributed by atoms with Crippen LogP contribution in [0.25, 0.3) is 0 Å². The van der Waals surface area contributed by atoms with Crippen LogP contribution in [0, 0.1) is 0 Å². The molecule has 0 rings (SSSR count). The molecule has 3 atom stereocenters. The lowest BCUT2D eigenvalue weighted by Gasteiger charge is -2.17. The zero-order chi connectivity index (χ0) is 8.85. The summed E-state index contributed by atoms with van der Waals surface area (Å²) >= 11 is 0. The number of aliphatic hydroxyl groups is 4. The molecular formula is C5H11NO5. The maximum atomic E-state index is 8.85. The smallest absolute Gasteiger partial charge is 0.121 e. The van der Waals surface area contributed by atoms with Gasteiger partial charge in [0.25, 0.3) is 0 Å². The second-order valence-corrected chi connectivity index (χ2v) is 2.00. The van der Waals surface area contributed by atoms with Crippen molar-refractivity contribution in [1.29, 1.82) is 0 Å². The number of oxime groups is 1. The van der Waals surface area contributed by atoms with Crippen LogP contribution in [0.2, 0.25) is 0 Å². The average molecular weight is 165 g/mol. The third-order valence-corrected chi connectivity index (χ3v) is 1.15. The second-order valence-electron chi connectivity index (χ2n) is 2.00. The van der Waals surface area contributed by atoms with E-state index in [-0.39, 0.29) is 0 Å². The Balaban J connectivity index is 3.90. The van der Waals surface area contributed by atoms with Gasteiger partial charge in [0, 0.05) is 0 Å². The van der Waals surface area contributed by atoms with E-state index >= 15 is 0 Å². The summed E-state index contributed by atoms with van der Waals surface area (Å²) in [7, 11) is 0. The Labute approximate surface area is 63.0 Å². The summed E-state index contributed by atoms with van der Waals surface area (Å²) in [6, 6.07) is 0. The molecule has 0 aromatic rings. The van der Waals surface area contributed by atoms with Crippen LogP contribution in [0.4, 0.5) is 0 Å². The lowest BCUT2D eigenvalue weighted by molar-refractivity contribution is -0.0546. The monoisotopic (exact) mass is 165 g/mol. The second kappa shape index (κ2) is 5.03. The number of hydrogen-bond acceptors (Lipinski definition) is 6. The maximum absolute atomic E-state index is 8.85. The molecule has 0 saturated heterocycles. The molecule has 0 aliphatic carbocycles. The standard InChI is InChI=1S/C5H11NO5/c7-2-4(9)5(10)3(8)1-6-11/h1,3-5,7-11H,2H2/t3-,4-,5+/m0/s1. The van der Waals surface area contributed by atoms with Gasteiger partial charge in [-0.3, -0.25) is 0 Å². The molecule has 0 radical (unpaired) electrons. The fraction of sp³-hybridized carbons (Fsp3) is 0.800. The zero-order valence-electron chi connectivity index (χ0n) is 5.70. The Morgan fingerprint density at radius 3 is 2.18 bits per heavy atom. The van der Waals surface area contributed by atoms with Crippen molar-refractivity contribution in [3.8, 4) is 0 Å². The molecule has 5 N–H and O–H groups in total. The Morgan fingerprint density at radius 2 is 1.82 bits per heavy atom. The van der Waals surface area contributed by atoms with Gasteiger partial charge in [-0.25, -0.2) is 0 Å². The predicted molar refractivity (Wildman–Crippen MR) is 35.4 cm³/mol. The van der Waals surface area contributed by atoms with Crippen LogP contribution in [0.5, 0.6) is 0 Å². The molecule has 0 heterocycles. The molecule has 11 heavy (non-hydrogen) atoms. The van der Waals surface area contributed by atoms with E-state index < -0.39 is 24.9 Å². The maximum Gasteiger partial charge on any atom is 0.121 e. The molecule has 0 spiro atoms. The Hall–Kier alpha value is -0.690. The number of aliphatic hydroxyl groups excluding tert-OH is 4. The summed E-state index contributed by atoms with van der Waals surface area (Å²) in [5, 5.41) is 45.0. The van der Waals surface area contributed by atoms with Gasteiger partial charge in [-0.2, -0.15) is 0 Å². The molecule has 0 amide bonds. The molecule has 0 aliphatic heterocycles. The van der Waals surface area contributed by atoms with E-state index in [9.17, 15) is 0 Å².